The third-order valence-corrected chi connectivity index (χ3v) is 3.83. The second-order valence-corrected chi connectivity index (χ2v) is 5.27. The van der Waals surface area contributed by atoms with Crippen molar-refractivity contribution >= 4 is 0 Å². The average Bonchev–Trinajstić information content (AvgIpc) is 2.89. The minimum Gasteiger partial charge on any atom is -0.376 e. The molecule has 1 saturated carbocycles. The predicted molar refractivity (Wildman–Crippen MR) is 70.7 cm³/mol. The molecule has 3 heteroatoms. The van der Waals surface area contributed by atoms with Crippen LogP contribution in [0.15, 0.2) is 24.3 Å². The van der Waals surface area contributed by atoms with Gasteiger partial charge in [0.1, 0.15) is 5.82 Å². The van der Waals surface area contributed by atoms with Crippen molar-refractivity contribution in [3.8, 4) is 0 Å². The van der Waals surface area contributed by atoms with Crippen LogP contribution in [-0.2, 0) is 4.74 Å². The largest absolute Gasteiger partial charge is 0.376 e. The maximum absolute atomic E-state index is 12.8. The summed E-state index contributed by atoms with van der Waals surface area (Å²) in [5.41, 5.74) is 7.05. The molecule has 2 unspecified atom stereocenters. The van der Waals surface area contributed by atoms with Crippen LogP contribution in [0.2, 0.25) is 0 Å². The van der Waals surface area contributed by atoms with E-state index in [0.717, 1.165) is 12.2 Å². The number of ether oxygens (including phenoxy) is 1. The third-order valence-electron chi connectivity index (χ3n) is 3.83. The molecule has 2 N–H and O–H groups in total. The Morgan fingerprint density at radius 2 is 1.89 bits per heavy atom. The van der Waals surface area contributed by atoms with Gasteiger partial charge in [-0.2, -0.15) is 0 Å². The summed E-state index contributed by atoms with van der Waals surface area (Å²) < 4.78 is 18.7. The highest BCUT2D eigenvalue weighted by Gasteiger charge is 2.20. The normalized spacial score (nSPS) is 19.9. The summed E-state index contributed by atoms with van der Waals surface area (Å²) in [6, 6.07) is 6.16. The van der Waals surface area contributed by atoms with Gasteiger partial charge in [-0.1, -0.05) is 25.0 Å². The van der Waals surface area contributed by atoms with Crippen molar-refractivity contribution in [2.75, 3.05) is 6.61 Å². The lowest BCUT2D eigenvalue weighted by Crippen LogP contribution is -2.27. The molecule has 0 amide bonds. The SMILES string of the molecule is CC(OCC1CCCC1)C(N)c1ccc(F)cc1. The van der Waals surface area contributed by atoms with E-state index in [2.05, 4.69) is 0 Å². The Morgan fingerprint density at radius 1 is 1.28 bits per heavy atom. The summed E-state index contributed by atoms with van der Waals surface area (Å²) in [5.74, 6) is 0.471. The monoisotopic (exact) mass is 251 g/mol. The van der Waals surface area contributed by atoms with Crippen LogP contribution < -0.4 is 5.73 Å². The second-order valence-electron chi connectivity index (χ2n) is 5.27. The first-order valence-electron chi connectivity index (χ1n) is 6.79. The van der Waals surface area contributed by atoms with Gasteiger partial charge in [0.2, 0.25) is 0 Å². The first-order valence-corrected chi connectivity index (χ1v) is 6.79. The molecule has 0 aliphatic heterocycles. The minimum atomic E-state index is -0.231. The first-order chi connectivity index (χ1) is 8.66. The van der Waals surface area contributed by atoms with Crippen LogP contribution in [0.1, 0.15) is 44.2 Å². The molecule has 1 fully saturated rings. The van der Waals surface area contributed by atoms with Crippen molar-refractivity contribution in [2.45, 2.75) is 44.8 Å². The molecule has 1 aromatic rings. The van der Waals surface area contributed by atoms with Gasteiger partial charge in [-0.3, -0.25) is 0 Å². The number of rotatable bonds is 5. The van der Waals surface area contributed by atoms with Gasteiger partial charge < -0.3 is 10.5 Å². The van der Waals surface area contributed by atoms with Crippen LogP contribution in [-0.4, -0.2) is 12.7 Å². The van der Waals surface area contributed by atoms with E-state index in [-0.39, 0.29) is 18.0 Å². The highest BCUT2D eigenvalue weighted by Crippen LogP contribution is 2.26. The molecular weight excluding hydrogens is 229 g/mol. The van der Waals surface area contributed by atoms with Gasteiger partial charge >= 0.3 is 0 Å². The number of hydrogen-bond acceptors (Lipinski definition) is 2. The van der Waals surface area contributed by atoms with E-state index in [1.807, 2.05) is 6.92 Å². The van der Waals surface area contributed by atoms with Gasteiger partial charge in [0, 0.05) is 6.61 Å². The Balaban J connectivity index is 1.83. The zero-order valence-electron chi connectivity index (χ0n) is 10.9. The fourth-order valence-corrected chi connectivity index (χ4v) is 2.52. The van der Waals surface area contributed by atoms with Crippen LogP contribution >= 0.6 is 0 Å². The molecule has 0 saturated heterocycles. The summed E-state index contributed by atoms with van der Waals surface area (Å²) in [5, 5.41) is 0. The van der Waals surface area contributed by atoms with Gasteiger partial charge in [-0.05, 0) is 43.4 Å². The highest BCUT2D eigenvalue weighted by molar-refractivity contribution is 5.20. The van der Waals surface area contributed by atoms with E-state index in [1.54, 1.807) is 12.1 Å². The molecule has 100 valence electrons. The lowest BCUT2D eigenvalue weighted by Gasteiger charge is -2.22. The molecule has 2 rings (SSSR count). The first kappa shape index (κ1) is 13.5. The van der Waals surface area contributed by atoms with E-state index in [4.69, 9.17) is 10.5 Å². The molecule has 1 aliphatic rings. The lowest BCUT2D eigenvalue weighted by atomic mass is 10.0. The zero-order valence-corrected chi connectivity index (χ0v) is 10.9. The van der Waals surface area contributed by atoms with E-state index in [1.165, 1.54) is 37.8 Å². The second kappa shape index (κ2) is 6.30. The minimum absolute atomic E-state index is 0.0314. The van der Waals surface area contributed by atoms with E-state index < -0.39 is 0 Å². The molecule has 0 spiro atoms. The van der Waals surface area contributed by atoms with Gasteiger partial charge in [0.05, 0.1) is 12.1 Å². The number of halogens is 1. The van der Waals surface area contributed by atoms with Crippen molar-refractivity contribution in [1.82, 2.24) is 0 Å². The van der Waals surface area contributed by atoms with E-state index >= 15 is 0 Å². The standard InChI is InChI=1S/C15H22FNO/c1-11(18-10-12-4-2-3-5-12)15(17)13-6-8-14(16)9-7-13/h6-9,11-12,15H,2-5,10,17H2,1H3. The molecule has 0 radical (unpaired) electrons. The van der Waals surface area contributed by atoms with Crippen molar-refractivity contribution in [1.29, 1.82) is 0 Å². The Morgan fingerprint density at radius 3 is 2.50 bits per heavy atom. The summed E-state index contributed by atoms with van der Waals surface area (Å²) in [7, 11) is 0. The molecule has 1 aromatic carbocycles. The topological polar surface area (TPSA) is 35.2 Å². The molecule has 0 bridgehead atoms. The quantitative estimate of drug-likeness (QED) is 0.870. The molecule has 2 nitrogen and oxygen atoms in total. The maximum Gasteiger partial charge on any atom is 0.123 e. The van der Waals surface area contributed by atoms with Crippen molar-refractivity contribution < 1.29 is 9.13 Å². The van der Waals surface area contributed by atoms with Crippen LogP contribution in [0.5, 0.6) is 0 Å². The molecule has 18 heavy (non-hydrogen) atoms. The number of benzene rings is 1. The summed E-state index contributed by atoms with van der Waals surface area (Å²) in [6.07, 6.45) is 5.17. The molecule has 0 aromatic heterocycles. The Labute approximate surface area is 108 Å². The van der Waals surface area contributed by atoms with Gasteiger partial charge in [0.15, 0.2) is 0 Å². The Bertz CT molecular complexity index is 359. The Hall–Kier alpha value is -0.930. The van der Waals surface area contributed by atoms with Gasteiger partial charge in [-0.25, -0.2) is 4.39 Å². The molecule has 0 heterocycles. The number of hydrogen-bond donors (Lipinski definition) is 1. The van der Waals surface area contributed by atoms with E-state index in [0.29, 0.717) is 5.92 Å². The predicted octanol–water partition coefficient (Wildman–Crippen LogP) is 3.42. The van der Waals surface area contributed by atoms with Gasteiger partial charge in [-0.15, -0.1) is 0 Å². The van der Waals surface area contributed by atoms with Crippen molar-refractivity contribution in [2.24, 2.45) is 11.7 Å². The fourth-order valence-electron chi connectivity index (χ4n) is 2.52. The van der Waals surface area contributed by atoms with Gasteiger partial charge in [0.25, 0.3) is 0 Å². The van der Waals surface area contributed by atoms with E-state index in [9.17, 15) is 4.39 Å². The maximum atomic E-state index is 12.8. The highest BCUT2D eigenvalue weighted by atomic mass is 19.1. The van der Waals surface area contributed by atoms with Crippen molar-refractivity contribution in [3.63, 3.8) is 0 Å². The molecule has 1 aliphatic carbocycles. The van der Waals surface area contributed by atoms with Crippen LogP contribution in [0.4, 0.5) is 4.39 Å². The summed E-state index contributed by atoms with van der Waals surface area (Å²) in [4.78, 5) is 0. The van der Waals surface area contributed by atoms with Crippen molar-refractivity contribution in [3.05, 3.63) is 35.6 Å². The van der Waals surface area contributed by atoms with Crippen LogP contribution in [0.3, 0.4) is 0 Å². The summed E-state index contributed by atoms with van der Waals surface area (Å²) >= 11 is 0. The smallest absolute Gasteiger partial charge is 0.123 e. The molecule has 2 atom stereocenters. The van der Waals surface area contributed by atoms with Crippen LogP contribution in [0.25, 0.3) is 0 Å². The lowest BCUT2D eigenvalue weighted by molar-refractivity contribution is 0.0259. The average molecular weight is 251 g/mol. The zero-order chi connectivity index (χ0) is 13.0. The third kappa shape index (κ3) is 3.53. The summed E-state index contributed by atoms with van der Waals surface area (Å²) in [6.45, 7) is 2.79. The van der Waals surface area contributed by atoms with Crippen LogP contribution in [0, 0.1) is 11.7 Å². The Kier molecular flexibility index (Phi) is 4.72. The number of nitrogens with two attached hydrogens (primary N) is 1. The molecular formula is C15H22FNO. The fraction of sp³-hybridized carbons (Fsp3) is 0.600.